The summed E-state index contributed by atoms with van der Waals surface area (Å²) in [4.78, 5) is 2.36. The Hall–Kier alpha value is -0.730. The summed E-state index contributed by atoms with van der Waals surface area (Å²) in [5, 5.41) is 9.84. The van der Waals surface area contributed by atoms with Gasteiger partial charge in [-0.15, -0.1) is 0 Å². The molecule has 1 N–H and O–H groups in total. The zero-order valence-electron chi connectivity index (χ0n) is 11.2. The highest BCUT2D eigenvalue weighted by molar-refractivity contribution is 6.33. The topological polar surface area (TPSA) is 23.5 Å². The van der Waals surface area contributed by atoms with Gasteiger partial charge in [0.1, 0.15) is 0 Å². The molecule has 0 saturated carbocycles. The predicted octanol–water partition coefficient (Wildman–Crippen LogP) is 3.70. The van der Waals surface area contributed by atoms with Crippen LogP contribution in [0.4, 0.5) is 5.69 Å². The average Bonchev–Trinajstić information content (AvgIpc) is 2.38. The molecule has 18 heavy (non-hydrogen) atoms. The smallest absolute Gasteiger partial charge is 0.0682 e. The Morgan fingerprint density at radius 2 is 2.00 bits per heavy atom. The second-order valence-electron chi connectivity index (χ2n) is 5.51. The first-order chi connectivity index (χ1) is 8.61. The number of nitrogens with zero attached hydrogens (tertiary/aromatic N) is 1. The summed E-state index contributed by atoms with van der Waals surface area (Å²) in [7, 11) is 0. The van der Waals surface area contributed by atoms with E-state index in [1.165, 1.54) is 12.8 Å². The zero-order chi connectivity index (χ0) is 13.1. The van der Waals surface area contributed by atoms with Crippen LogP contribution in [0, 0.1) is 11.8 Å². The lowest BCUT2D eigenvalue weighted by atomic mass is 9.86. The molecule has 0 aliphatic carbocycles. The molecule has 0 unspecified atom stereocenters. The van der Waals surface area contributed by atoms with Gasteiger partial charge >= 0.3 is 0 Å². The molecule has 2 rings (SSSR count). The van der Waals surface area contributed by atoms with Crippen molar-refractivity contribution < 1.29 is 5.11 Å². The van der Waals surface area contributed by atoms with Crippen LogP contribution in [-0.4, -0.2) is 18.2 Å². The van der Waals surface area contributed by atoms with Crippen LogP contribution in [0.25, 0.3) is 0 Å². The number of anilines is 1. The fourth-order valence-corrected chi connectivity index (χ4v) is 3.03. The molecule has 0 radical (unpaired) electrons. The zero-order valence-corrected chi connectivity index (χ0v) is 12.0. The van der Waals surface area contributed by atoms with Crippen LogP contribution in [0.2, 0.25) is 5.02 Å². The lowest BCUT2D eigenvalue weighted by molar-refractivity contribution is 0.282. The molecule has 100 valence electrons. The molecule has 1 aliphatic heterocycles. The summed E-state index contributed by atoms with van der Waals surface area (Å²) in [6.45, 7) is 6.84. The Kier molecular flexibility index (Phi) is 4.52. The van der Waals surface area contributed by atoms with Gasteiger partial charge in [0.25, 0.3) is 0 Å². The van der Waals surface area contributed by atoms with Gasteiger partial charge in [-0.05, 0) is 42.4 Å². The predicted molar refractivity (Wildman–Crippen MR) is 77.1 cm³/mol. The number of hydrogen-bond donors (Lipinski definition) is 1. The van der Waals surface area contributed by atoms with Crippen molar-refractivity contribution in [3.63, 3.8) is 0 Å². The molecule has 2 nitrogen and oxygen atoms in total. The molecule has 0 aromatic heterocycles. The Morgan fingerprint density at radius 3 is 2.50 bits per heavy atom. The summed E-state index contributed by atoms with van der Waals surface area (Å²) in [5.41, 5.74) is 1.98. The number of aliphatic hydroxyl groups excluding tert-OH is 1. The number of benzene rings is 1. The van der Waals surface area contributed by atoms with Crippen LogP contribution in [0.5, 0.6) is 0 Å². The van der Waals surface area contributed by atoms with E-state index in [1.54, 1.807) is 0 Å². The second kappa shape index (κ2) is 5.94. The molecule has 1 aliphatic rings. The minimum Gasteiger partial charge on any atom is -0.392 e. The Balaban J connectivity index is 2.05. The van der Waals surface area contributed by atoms with E-state index in [1.807, 2.05) is 18.2 Å². The summed E-state index contributed by atoms with van der Waals surface area (Å²) in [6.07, 6.45) is 2.49. The summed E-state index contributed by atoms with van der Waals surface area (Å²) < 4.78 is 0. The number of hydrogen-bond acceptors (Lipinski definition) is 2. The van der Waals surface area contributed by atoms with E-state index < -0.39 is 0 Å². The maximum Gasteiger partial charge on any atom is 0.0682 e. The second-order valence-corrected chi connectivity index (χ2v) is 5.92. The molecule has 0 bridgehead atoms. The van der Waals surface area contributed by atoms with Gasteiger partial charge in [-0.2, -0.15) is 0 Å². The van der Waals surface area contributed by atoms with Crippen molar-refractivity contribution in [1.82, 2.24) is 0 Å². The van der Waals surface area contributed by atoms with Gasteiger partial charge < -0.3 is 10.0 Å². The van der Waals surface area contributed by atoms with Crippen molar-refractivity contribution in [2.24, 2.45) is 11.8 Å². The highest BCUT2D eigenvalue weighted by atomic mass is 35.5. The van der Waals surface area contributed by atoms with Crippen LogP contribution in [0.1, 0.15) is 32.3 Å². The van der Waals surface area contributed by atoms with Gasteiger partial charge in [0.2, 0.25) is 0 Å². The Morgan fingerprint density at radius 1 is 1.33 bits per heavy atom. The van der Waals surface area contributed by atoms with Crippen molar-refractivity contribution in [3.8, 4) is 0 Å². The van der Waals surface area contributed by atoms with Crippen molar-refractivity contribution in [2.45, 2.75) is 33.3 Å². The summed E-state index contributed by atoms with van der Waals surface area (Å²) in [6, 6.07) is 5.85. The molecule has 0 spiro atoms. The van der Waals surface area contributed by atoms with Crippen molar-refractivity contribution in [3.05, 3.63) is 28.8 Å². The van der Waals surface area contributed by atoms with Crippen LogP contribution in [0.3, 0.4) is 0 Å². The third-order valence-corrected chi connectivity index (χ3v) is 4.32. The van der Waals surface area contributed by atoms with E-state index >= 15 is 0 Å². The quantitative estimate of drug-likeness (QED) is 0.903. The third kappa shape index (κ3) is 2.99. The van der Waals surface area contributed by atoms with E-state index in [0.717, 1.165) is 41.2 Å². The average molecular weight is 268 g/mol. The lowest BCUT2D eigenvalue weighted by Crippen LogP contribution is -2.35. The molecule has 0 atom stereocenters. The van der Waals surface area contributed by atoms with Crippen LogP contribution in [-0.2, 0) is 6.61 Å². The molecular weight excluding hydrogens is 246 g/mol. The van der Waals surface area contributed by atoms with Gasteiger partial charge in [-0.25, -0.2) is 0 Å². The maximum absolute atomic E-state index is 9.09. The lowest BCUT2D eigenvalue weighted by Gasteiger charge is -2.35. The van der Waals surface area contributed by atoms with Gasteiger partial charge in [-0.3, -0.25) is 0 Å². The largest absolute Gasteiger partial charge is 0.392 e. The van der Waals surface area contributed by atoms with Gasteiger partial charge in [0.15, 0.2) is 0 Å². The SMILES string of the molecule is CC(C)C1CCN(c2ccc(CO)cc2Cl)CC1. The monoisotopic (exact) mass is 267 g/mol. The minimum atomic E-state index is 0.0510. The minimum absolute atomic E-state index is 0.0510. The van der Waals surface area contributed by atoms with Crippen molar-refractivity contribution in [2.75, 3.05) is 18.0 Å². The molecule has 0 amide bonds. The summed E-state index contributed by atoms with van der Waals surface area (Å²) >= 11 is 6.29. The third-order valence-electron chi connectivity index (χ3n) is 4.02. The highest BCUT2D eigenvalue weighted by Crippen LogP contribution is 2.32. The Bertz CT molecular complexity index is 397. The number of piperidine rings is 1. The molecule has 3 heteroatoms. The van der Waals surface area contributed by atoms with Crippen molar-refractivity contribution in [1.29, 1.82) is 0 Å². The standard InChI is InChI=1S/C15H22ClNO/c1-11(2)13-5-7-17(8-6-13)15-4-3-12(10-18)9-14(15)16/h3-4,9,11,13,18H,5-8,10H2,1-2H3. The molecule has 1 heterocycles. The number of halogens is 1. The van der Waals surface area contributed by atoms with E-state index in [9.17, 15) is 0 Å². The van der Waals surface area contributed by atoms with Crippen molar-refractivity contribution >= 4 is 17.3 Å². The summed E-state index contributed by atoms with van der Waals surface area (Å²) in [5.74, 6) is 1.62. The Labute approximate surface area is 115 Å². The van der Waals surface area contributed by atoms with E-state index in [2.05, 4.69) is 18.7 Å². The van der Waals surface area contributed by atoms with E-state index in [0.29, 0.717) is 0 Å². The first-order valence-electron chi connectivity index (χ1n) is 6.76. The van der Waals surface area contributed by atoms with E-state index in [4.69, 9.17) is 16.7 Å². The molecule has 1 aromatic rings. The fourth-order valence-electron chi connectivity index (χ4n) is 2.71. The van der Waals surface area contributed by atoms with Gasteiger partial charge in [-0.1, -0.05) is 31.5 Å². The van der Waals surface area contributed by atoms with Crippen LogP contribution < -0.4 is 4.90 Å². The fraction of sp³-hybridized carbons (Fsp3) is 0.600. The molecule has 1 aromatic carbocycles. The van der Waals surface area contributed by atoms with Gasteiger partial charge in [0.05, 0.1) is 17.3 Å². The molecular formula is C15H22ClNO. The maximum atomic E-state index is 9.09. The first kappa shape index (κ1) is 13.7. The van der Waals surface area contributed by atoms with Crippen LogP contribution in [0.15, 0.2) is 18.2 Å². The number of aliphatic hydroxyl groups is 1. The first-order valence-corrected chi connectivity index (χ1v) is 7.14. The van der Waals surface area contributed by atoms with Gasteiger partial charge in [0, 0.05) is 13.1 Å². The van der Waals surface area contributed by atoms with Crippen LogP contribution >= 0.6 is 11.6 Å². The van der Waals surface area contributed by atoms with E-state index in [-0.39, 0.29) is 6.61 Å². The normalized spacial score (nSPS) is 17.5. The molecule has 1 fully saturated rings. The highest BCUT2D eigenvalue weighted by Gasteiger charge is 2.22. The molecule has 1 saturated heterocycles. The number of rotatable bonds is 3.